The number of aryl methyl sites for hydroxylation is 1. The molecular weight excluding hydrogens is 394 g/mol. The van der Waals surface area contributed by atoms with Crippen molar-refractivity contribution >= 4 is 17.4 Å². The average molecular weight is 422 g/mol. The van der Waals surface area contributed by atoms with Gasteiger partial charge in [0.25, 0.3) is 0 Å². The van der Waals surface area contributed by atoms with Crippen molar-refractivity contribution in [3.05, 3.63) is 48.5 Å². The van der Waals surface area contributed by atoms with Gasteiger partial charge in [0.1, 0.15) is 18.1 Å². The molecule has 4 heterocycles. The van der Waals surface area contributed by atoms with Crippen molar-refractivity contribution in [1.29, 1.82) is 0 Å². The van der Waals surface area contributed by atoms with Crippen molar-refractivity contribution in [2.45, 2.75) is 45.9 Å². The Kier molecular flexibility index (Phi) is 6.22. The van der Waals surface area contributed by atoms with E-state index in [1.165, 1.54) is 0 Å². The lowest BCUT2D eigenvalue weighted by Crippen LogP contribution is -2.49. The number of carbonyl (C=O) groups is 1. The standard InChI is InChI=1S/C22H27N7O2/c1-4-17-9-20(27-22(26-17)19-7-5-6-8-23-19)25-18-10-24-29(13-18)14-21(30)28-11-15(2)31-16(3)12-28/h5-10,13,15-16H,4,11-12,14H2,1-3H3,(H,25,26,27). The third-order valence-electron chi connectivity index (χ3n) is 5.01. The summed E-state index contributed by atoms with van der Waals surface area (Å²) in [5.74, 6) is 1.26. The first kappa shape index (κ1) is 20.9. The zero-order valence-corrected chi connectivity index (χ0v) is 18.0. The molecule has 9 heteroatoms. The molecule has 1 aliphatic heterocycles. The Bertz CT molecular complexity index is 1030. The summed E-state index contributed by atoms with van der Waals surface area (Å²) in [7, 11) is 0. The van der Waals surface area contributed by atoms with E-state index in [1.807, 2.05) is 49.9 Å². The minimum atomic E-state index is 0.0318. The van der Waals surface area contributed by atoms with Gasteiger partial charge in [-0.2, -0.15) is 5.10 Å². The number of aromatic nitrogens is 5. The lowest BCUT2D eigenvalue weighted by Gasteiger charge is -2.35. The van der Waals surface area contributed by atoms with Gasteiger partial charge in [-0.05, 0) is 32.4 Å². The topological polar surface area (TPSA) is 98.1 Å². The first-order chi connectivity index (χ1) is 15.0. The Morgan fingerprint density at radius 3 is 2.74 bits per heavy atom. The van der Waals surface area contributed by atoms with Gasteiger partial charge >= 0.3 is 0 Å². The number of pyridine rings is 1. The molecule has 0 bridgehead atoms. The van der Waals surface area contributed by atoms with Gasteiger partial charge in [0.05, 0.1) is 24.1 Å². The molecule has 3 aromatic rings. The summed E-state index contributed by atoms with van der Waals surface area (Å²) in [4.78, 5) is 28.0. The van der Waals surface area contributed by atoms with Crippen molar-refractivity contribution < 1.29 is 9.53 Å². The normalized spacial score (nSPS) is 18.7. The van der Waals surface area contributed by atoms with Crippen LogP contribution in [0.4, 0.5) is 11.5 Å². The number of carbonyl (C=O) groups excluding carboxylic acids is 1. The molecule has 1 N–H and O–H groups in total. The highest BCUT2D eigenvalue weighted by Crippen LogP contribution is 2.20. The van der Waals surface area contributed by atoms with Crippen LogP contribution in [-0.4, -0.2) is 60.8 Å². The molecule has 4 rings (SSSR count). The first-order valence-electron chi connectivity index (χ1n) is 10.5. The molecule has 1 aliphatic rings. The molecule has 9 nitrogen and oxygen atoms in total. The number of rotatable bonds is 6. The van der Waals surface area contributed by atoms with Crippen LogP contribution in [0.5, 0.6) is 0 Å². The minimum absolute atomic E-state index is 0.0318. The Morgan fingerprint density at radius 2 is 2.03 bits per heavy atom. The van der Waals surface area contributed by atoms with Gasteiger partial charge in [-0.25, -0.2) is 9.97 Å². The third-order valence-corrected chi connectivity index (χ3v) is 5.01. The highest BCUT2D eigenvalue weighted by Gasteiger charge is 2.26. The fourth-order valence-electron chi connectivity index (χ4n) is 3.63. The molecule has 0 aliphatic carbocycles. The summed E-state index contributed by atoms with van der Waals surface area (Å²) >= 11 is 0. The van der Waals surface area contributed by atoms with Crippen LogP contribution in [-0.2, 0) is 22.5 Å². The van der Waals surface area contributed by atoms with Crippen LogP contribution in [0.3, 0.4) is 0 Å². The number of morpholine rings is 1. The largest absolute Gasteiger partial charge is 0.372 e. The molecule has 1 amide bonds. The lowest BCUT2D eigenvalue weighted by atomic mass is 10.2. The predicted molar refractivity (Wildman–Crippen MR) is 117 cm³/mol. The molecule has 0 saturated carbocycles. The van der Waals surface area contributed by atoms with Crippen molar-refractivity contribution in [3.8, 4) is 11.5 Å². The summed E-state index contributed by atoms with van der Waals surface area (Å²) < 4.78 is 7.34. The van der Waals surface area contributed by atoms with E-state index in [1.54, 1.807) is 23.3 Å². The zero-order chi connectivity index (χ0) is 21.8. The van der Waals surface area contributed by atoms with Crippen LogP contribution in [0.2, 0.25) is 0 Å². The van der Waals surface area contributed by atoms with E-state index in [4.69, 9.17) is 4.74 Å². The molecular formula is C22H27N7O2. The van der Waals surface area contributed by atoms with Crippen LogP contribution in [0.15, 0.2) is 42.9 Å². The molecule has 0 radical (unpaired) electrons. The Balaban J connectivity index is 1.46. The van der Waals surface area contributed by atoms with Gasteiger partial charge < -0.3 is 15.0 Å². The van der Waals surface area contributed by atoms with Crippen molar-refractivity contribution in [3.63, 3.8) is 0 Å². The van der Waals surface area contributed by atoms with Gasteiger partial charge in [-0.3, -0.25) is 14.5 Å². The van der Waals surface area contributed by atoms with Gasteiger partial charge in [0.2, 0.25) is 5.91 Å². The maximum atomic E-state index is 12.7. The highest BCUT2D eigenvalue weighted by atomic mass is 16.5. The molecule has 1 fully saturated rings. The van der Waals surface area contributed by atoms with E-state index < -0.39 is 0 Å². The molecule has 162 valence electrons. The predicted octanol–water partition coefficient (Wildman–Crippen LogP) is 2.68. The van der Waals surface area contributed by atoms with Gasteiger partial charge in [0.15, 0.2) is 5.82 Å². The van der Waals surface area contributed by atoms with Crippen molar-refractivity contribution in [2.75, 3.05) is 18.4 Å². The fraction of sp³-hybridized carbons (Fsp3) is 0.409. The van der Waals surface area contributed by atoms with Gasteiger partial charge in [0, 0.05) is 37.2 Å². The molecule has 0 spiro atoms. The van der Waals surface area contributed by atoms with E-state index >= 15 is 0 Å². The number of ether oxygens (including phenoxy) is 1. The summed E-state index contributed by atoms with van der Waals surface area (Å²) in [6, 6.07) is 7.57. The number of amides is 1. The van der Waals surface area contributed by atoms with Crippen LogP contribution in [0.25, 0.3) is 11.5 Å². The van der Waals surface area contributed by atoms with E-state index in [0.29, 0.717) is 24.7 Å². The molecule has 2 atom stereocenters. The van der Waals surface area contributed by atoms with Gasteiger partial charge in [-0.1, -0.05) is 13.0 Å². The second-order valence-corrected chi connectivity index (χ2v) is 7.74. The summed E-state index contributed by atoms with van der Waals surface area (Å²) in [5, 5.41) is 7.60. The number of nitrogens with one attached hydrogen (secondary N) is 1. The molecule has 31 heavy (non-hydrogen) atoms. The highest BCUT2D eigenvalue weighted by molar-refractivity contribution is 5.76. The average Bonchev–Trinajstić information content (AvgIpc) is 3.20. The molecule has 0 aromatic carbocycles. The monoisotopic (exact) mass is 421 g/mol. The molecule has 1 saturated heterocycles. The summed E-state index contributed by atoms with van der Waals surface area (Å²) in [5.41, 5.74) is 2.39. The number of nitrogens with zero attached hydrogens (tertiary/aromatic N) is 6. The Morgan fingerprint density at radius 1 is 1.23 bits per heavy atom. The maximum absolute atomic E-state index is 12.7. The van der Waals surface area contributed by atoms with Crippen LogP contribution < -0.4 is 5.32 Å². The lowest BCUT2D eigenvalue weighted by molar-refractivity contribution is -0.144. The van der Waals surface area contributed by atoms with Crippen LogP contribution in [0.1, 0.15) is 26.5 Å². The van der Waals surface area contributed by atoms with Crippen LogP contribution >= 0.6 is 0 Å². The van der Waals surface area contributed by atoms with E-state index in [9.17, 15) is 4.79 Å². The number of hydrogen-bond donors (Lipinski definition) is 1. The van der Waals surface area contributed by atoms with Crippen molar-refractivity contribution in [1.82, 2.24) is 29.6 Å². The quantitative estimate of drug-likeness (QED) is 0.653. The molecule has 2 unspecified atom stereocenters. The van der Waals surface area contributed by atoms with Gasteiger partial charge in [-0.15, -0.1) is 0 Å². The Labute approximate surface area is 181 Å². The molecule has 3 aromatic heterocycles. The summed E-state index contributed by atoms with van der Waals surface area (Å²) in [6.45, 7) is 7.41. The maximum Gasteiger partial charge on any atom is 0.244 e. The minimum Gasteiger partial charge on any atom is -0.372 e. The van der Waals surface area contributed by atoms with E-state index in [0.717, 1.165) is 23.5 Å². The SMILES string of the molecule is CCc1cc(Nc2cnn(CC(=O)N3CC(C)OC(C)C3)c2)nc(-c2ccccn2)n1. The van der Waals surface area contributed by atoms with Crippen LogP contribution in [0, 0.1) is 0 Å². The zero-order valence-electron chi connectivity index (χ0n) is 18.0. The fourth-order valence-corrected chi connectivity index (χ4v) is 3.63. The van der Waals surface area contributed by atoms with Crippen molar-refractivity contribution in [2.24, 2.45) is 0 Å². The first-order valence-corrected chi connectivity index (χ1v) is 10.5. The number of hydrogen-bond acceptors (Lipinski definition) is 7. The third kappa shape index (κ3) is 5.24. The summed E-state index contributed by atoms with van der Waals surface area (Å²) in [6.07, 6.45) is 6.08. The van der Waals surface area contributed by atoms with E-state index in [2.05, 4.69) is 25.4 Å². The Hall–Kier alpha value is -3.33. The number of anilines is 2. The second kappa shape index (κ2) is 9.22. The second-order valence-electron chi connectivity index (χ2n) is 7.74. The van der Waals surface area contributed by atoms with E-state index in [-0.39, 0.29) is 24.7 Å². The smallest absolute Gasteiger partial charge is 0.244 e.